The maximum Gasteiger partial charge on any atom is 0.129 e. The van der Waals surface area contributed by atoms with Gasteiger partial charge in [-0.25, -0.2) is 0 Å². The second kappa shape index (κ2) is 5.96. The Morgan fingerprint density at radius 3 is 2.26 bits per heavy atom. The lowest BCUT2D eigenvalue weighted by Crippen LogP contribution is -1.89. The molecule has 0 aliphatic heterocycles. The highest BCUT2D eigenvalue weighted by molar-refractivity contribution is 5.73. The third-order valence-electron chi connectivity index (χ3n) is 2.79. The van der Waals surface area contributed by atoms with Crippen LogP contribution in [-0.4, -0.2) is 19.3 Å². The minimum Gasteiger partial charge on any atom is -0.508 e. The average molecular weight is 256 g/mol. The molecule has 1 N–H and O–H groups in total. The van der Waals surface area contributed by atoms with Gasteiger partial charge < -0.3 is 14.6 Å². The van der Waals surface area contributed by atoms with Gasteiger partial charge in [-0.3, -0.25) is 0 Å². The van der Waals surface area contributed by atoms with E-state index in [4.69, 9.17) is 9.47 Å². The fraction of sp³-hybridized carbons (Fsp3) is 0.125. The zero-order chi connectivity index (χ0) is 13.7. The van der Waals surface area contributed by atoms with E-state index in [1.165, 1.54) is 0 Å². The predicted octanol–water partition coefficient (Wildman–Crippen LogP) is 3.58. The molecule has 0 spiro atoms. The van der Waals surface area contributed by atoms with Gasteiger partial charge in [0, 0.05) is 11.6 Å². The van der Waals surface area contributed by atoms with Crippen molar-refractivity contribution in [3.05, 3.63) is 53.6 Å². The number of hydrogen-bond donors (Lipinski definition) is 1. The summed E-state index contributed by atoms with van der Waals surface area (Å²) in [6.07, 6.45) is 3.93. The zero-order valence-electron chi connectivity index (χ0n) is 11.0. The van der Waals surface area contributed by atoms with Gasteiger partial charge in [0.1, 0.15) is 17.2 Å². The van der Waals surface area contributed by atoms with Crippen LogP contribution in [0.2, 0.25) is 0 Å². The van der Waals surface area contributed by atoms with Crippen LogP contribution < -0.4 is 9.47 Å². The lowest BCUT2D eigenvalue weighted by Gasteiger charge is -2.07. The molecule has 0 saturated carbocycles. The third kappa shape index (κ3) is 3.28. The molecule has 0 unspecified atom stereocenters. The standard InChI is InChI=1S/C16H16O3/c1-18-15-10-7-13(16(11-15)19-2)6-3-12-4-8-14(17)9-5-12/h3-11,17H,1-2H3/b6-3+. The summed E-state index contributed by atoms with van der Waals surface area (Å²) in [7, 11) is 3.26. The van der Waals surface area contributed by atoms with Crippen molar-refractivity contribution in [3.63, 3.8) is 0 Å². The van der Waals surface area contributed by atoms with Gasteiger partial charge in [-0.05, 0) is 29.8 Å². The van der Waals surface area contributed by atoms with Gasteiger partial charge in [0.25, 0.3) is 0 Å². The van der Waals surface area contributed by atoms with Gasteiger partial charge in [-0.2, -0.15) is 0 Å². The molecule has 0 fully saturated rings. The Morgan fingerprint density at radius 1 is 0.895 bits per heavy atom. The van der Waals surface area contributed by atoms with Crippen LogP contribution in [0.3, 0.4) is 0 Å². The van der Waals surface area contributed by atoms with E-state index in [2.05, 4.69) is 0 Å². The number of phenols is 1. The molecule has 0 aliphatic rings. The van der Waals surface area contributed by atoms with Gasteiger partial charge in [0.15, 0.2) is 0 Å². The molecule has 0 aliphatic carbocycles. The monoisotopic (exact) mass is 256 g/mol. The zero-order valence-corrected chi connectivity index (χ0v) is 11.0. The molecule has 3 nitrogen and oxygen atoms in total. The summed E-state index contributed by atoms with van der Waals surface area (Å²) in [4.78, 5) is 0. The van der Waals surface area contributed by atoms with E-state index in [0.717, 1.165) is 22.6 Å². The largest absolute Gasteiger partial charge is 0.508 e. The number of aromatic hydroxyl groups is 1. The minimum atomic E-state index is 0.263. The molecule has 2 aromatic carbocycles. The first-order valence-electron chi connectivity index (χ1n) is 5.92. The van der Waals surface area contributed by atoms with Gasteiger partial charge in [0.2, 0.25) is 0 Å². The first kappa shape index (κ1) is 13.0. The van der Waals surface area contributed by atoms with E-state index in [1.54, 1.807) is 26.4 Å². The fourth-order valence-electron chi connectivity index (χ4n) is 1.73. The highest BCUT2D eigenvalue weighted by Crippen LogP contribution is 2.26. The number of ether oxygens (including phenoxy) is 2. The van der Waals surface area contributed by atoms with Crippen LogP contribution in [0, 0.1) is 0 Å². The van der Waals surface area contributed by atoms with Crippen molar-refractivity contribution in [2.24, 2.45) is 0 Å². The Hall–Kier alpha value is -2.42. The summed E-state index contributed by atoms with van der Waals surface area (Å²) in [5.41, 5.74) is 1.98. The Kier molecular flexibility index (Phi) is 4.08. The fourth-order valence-corrected chi connectivity index (χ4v) is 1.73. The molecule has 2 aromatic rings. The van der Waals surface area contributed by atoms with Crippen molar-refractivity contribution in [1.29, 1.82) is 0 Å². The summed E-state index contributed by atoms with van der Waals surface area (Å²) in [6, 6.07) is 12.7. The van der Waals surface area contributed by atoms with Crippen LogP contribution in [0.25, 0.3) is 12.2 Å². The quantitative estimate of drug-likeness (QED) is 0.850. The van der Waals surface area contributed by atoms with E-state index in [-0.39, 0.29) is 5.75 Å². The second-order valence-electron chi connectivity index (χ2n) is 4.03. The molecular weight excluding hydrogens is 240 g/mol. The molecule has 19 heavy (non-hydrogen) atoms. The van der Waals surface area contributed by atoms with Crippen LogP contribution >= 0.6 is 0 Å². The summed E-state index contributed by atoms with van der Waals surface area (Å²) in [5.74, 6) is 1.78. The van der Waals surface area contributed by atoms with Crippen LogP contribution in [0.15, 0.2) is 42.5 Å². The van der Waals surface area contributed by atoms with Gasteiger partial charge in [0.05, 0.1) is 14.2 Å². The number of hydrogen-bond acceptors (Lipinski definition) is 3. The number of benzene rings is 2. The molecule has 0 aromatic heterocycles. The van der Waals surface area contributed by atoms with Crippen LogP contribution in [-0.2, 0) is 0 Å². The molecule has 3 heteroatoms. The van der Waals surface area contributed by atoms with Crippen molar-refractivity contribution in [1.82, 2.24) is 0 Å². The van der Waals surface area contributed by atoms with Crippen molar-refractivity contribution in [2.75, 3.05) is 14.2 Å². The lowest BCUT2D eigenvalue weighted by atomic mass is 10.1. The molecular formula is C16H16O3. The second-order valence-corrected chi connectivity index (χ2v) is 4.03. The molecule has 2 rings (SSSR count). The van der Waals surface area contributed by atoms with Gasteiger partial charge in [-0.1, -0.05) is 24.3 Å². The Bertz CT molecular complexity index is 571. The molecule has 0 atom stereocenters. The topological polar surface area (TPSA) is 38.7 Å². The molecule has 98 valence electrons. The normalized spacial score (nSPS) is 10.6. The van der Waals surface area contributed by atoms with Crippen LogP contribution in [0.1, 0.15) is 11.1 Å². The molecule has 0 amide bonds. The predicted molar refractivity (Wildman–Crippen MR) is 76.6 cm³/mol. The van der Waals surface area contributed by atoms with E-state index < -0.39 is 0 Å². The first-order chi connectivity index (χ1) is 9.22. The maximum atomic E-state index is 9.22. The average Bonchev–Trinajstić information content (AvgIpc) is 2.46. The molecule has 0 heterocycles. The molecule has 0 radical (unpaired) electrons. The van der Waals surface area contributed by atoms with E-state index in [0.29, 0.717) is 0 Å². The van der Waals surface area contributed by atoms with Crippen molar-refractivity contribution >= 4 is 12.2 Å². The Labute approximate surface area is 112 Å². The maximum absolute atomic E-state index is 9.22. The highest BCUT2D eigenvalue weighted by Gasteiger charge is 2.01. The number of methoxy groups -OCH3 is 2. The first-order valence-corrected chi connectivity index (χ1v) is 5.92. The van der Waals surface area contributed by atoms with Crippen molar-refractivity contribution in [2.45, 2.75) is 0 Å². The van der Waals surface area contributed by atoms with Crippen LogP contribution in [0.4, 0.5) is 0 Å². The van der Waals surface area contributed by atoms with E-state index >= 15 is 0 Å². The van der Waals surface area contributed by atoms with Crippen molar-refractivity contribution in [3.8, 4) is 17.2 Å². The minimum absolute atomic E-state index is 0.263. The summed E-state index contributed by atoms with van der Waals surface area (Å²) in [6.45, 7) is 0. The van der Waals surface area contributed by atoms with Crippen LogP contribution in [0.5, 0.6) is 17.2 Å². The number of phenolic OH excluding ortho intramolecular Hbond substituents is 1. The summed E-state index contributed by atoms with van der Waals surface area (Å²) in [5, 5.41) is 9.22. The molecule has 0 saturated heterocycles. The Morgan fingerprint density at radius 2 is 1.63 bits per heavy atom. The van der Waals surface area contributed by atoms with Gasteiger partial charge in [-0.15, -0.1) is 0 Å². The Balaban J connectivity index is 2.25. The van der Waals surface area contributed by atoms with Gasteiger partial charge >= 0.3 is 0 Å². The lowest BCUT2D eigenvalue weighted by molar-refractivity contribution is 0.394. The number of rotatable bonds is 4. The molecule has 0 bridgehead atoms. The third-order valence-corrected chi connectivity index (χ3v) is 2.79. The van der Waals surface area contributed by atoms with E-state index in [9.17, 15) is 5.11 Å². The smallest absolute Gasteiger partial charge is 0.129 e. The van der Waals surface area contributed by atoms with Crippen molar-refractivity contribution < 1.29 is 14.6 Å². The summed E-state index contributed by atoms with van der Waals surface area (Å²) >= 11 is 0. The summed E-state index contributed by atoms with van der Waals surface area (Å²) < 4.78 is 10.5. The SMILES string of the molecule is COc1ccc(/C=C/c2ccc(O)cc2)c(OC)c1. The highest BCUT2D eigenvalue weighted by atomic mass is 16.5. The van der Waals surface area contributed by atoms with E-state index in [1.807, 2.05) is 42.5 Å².